The number of ether oxygens (including phenoxy) is 3. The summed E-state index contributed by atoms with van der Waals surface area (Å²) in [6.45, 7) is 4.01. The number of nitrogens with zero attached hydrogens (tertiary/aromatic N) is 3. The standard InChI is InChI=1S/C15H16N4O3/c1-9-4-10(2)18-15(17-9)19-16-7-11-5-12(20-3)14-13(6-11)21-8-22-14/h4-7H,8H2,1-3H3,(H,17,18,19)/b16-7-. The summed E-state index contributed by atoms with van der Waals surface area (Å²) < 4.78 is 16.0. The van der Waals surface area contributed by atoms with Gasteiger partial charge in [-0.1, -0.05) is 0 Å². The minimum atomic E-state index is 0.195. The first-order chi connectivity index (χ1) is 10.7. The van der Waals surface area contributed by atoms with Crippen LogP contribution in [-0.4, -0.2) is 30.1 Å². The first-order valence-electron chi connectivity index (χ1n) is 6.74. The smallest absolute Gasteiger partial charge is 0.243 e. The number of hydrazone groups is 1. The average Bonchev–Trinajstić information content (AvgIpc) is 2.93. The summed E-state index contributed by atoms with van der Waals surface area (Å²) in [6.07, 6.45) is 1.64. The molecule has 1 N–H and O–H groups in total. The van der Waals surface area contributed by atoms with Crippen molar-refractivity contribution in [3.05, 3.63) is 35.2 Å². The molecule has 7 nitrogen and oxygen atoms in total. The van der Waals surface area contributed by atoms with E-state index in [0.29, 0.717) is 23.2 Å². The molecule has 1 aromatic heterocycles. The largest absolute Gasteiger partial charge is 0.493 e. The molecule has 1 aliphatic rings. The highest BCUT2D eigenvalue weighted by Crippen LogP contribution is 2.41. The van der Waals surface area contributed by atoms with Gasteiger partial charge in [0, 0.05) is 17.0 Å². The Bertz CT molecular complexity index is 711. The van der Waals surface area contributed by atoms with Crippen LogP contribution in [0.25, 0.3) is 0 Å². The second kappa shape index (κ2) is 5.88. The van der Waals surface area contributed by atoms with Gasteiger partial charge in [0.1, 0.15) is 0 Å². The molecule has 1 aliphatic heterocycles. The zero-order valence-electron chi connectivity index (χ0n) is 12.6. The van der Waals surface area contributed by atoms with E-state index in [2.05, 4.69) is 20.5 Å². The van der Waals surface area contributed by atoms with E-state index in [0.717, 1.165) is 17.0 Å². The molecule has 0 saturated carbocycles. The van der Waals surface area contributed by atoms with E-state index in [1.54, 1.807) is 13.3 Å². The van der Waals surface area contributed by atoms with Gasteiger partial charge < -0.3 is 14.2 Å². The lowest BCUT2D eigenvalue weighted by atomic mass is 10.2. The maximum absolute atomic E-state index is 5.37. The third kappa shape index (κ3) is 2.93. The van der Waals surface area contributed by atoms with Crippen molar-refractivity contribution in [3.8, 4) is 17.2 Å². The molecule has 22 heavy (non-hydrogen) atoms. The fraction of sp³-hybridized carbons (Fsp3) is 0.267. The summed E-state index contributed by atoms with van der Waals surface area (Å²) in [5, 5.41) is 4.14. The zero-order chi connectivity index (χ0) is 15.5. The molecule has 1 aromatic carbocycles. The summed E-state index contributed by atoms with van der Waals surface area (Å²) in [6, 6.07) is 5.55. The van der Waals surface area contributed by atoms with Gasteiger partial charge in [0.25, 0.3) is 0 Å². The molecule has 0 amide bonds. The molecule has 0 fully saturated rings. The van der Waals surface area contributed by atoms with Gasteiger partial charge in [-0.25, -0.2) is 15.4 Å². The van der Waals surface area contributed by atoms with E-state index < -0.39 is 0 Å². The molecule has 0 spiro atoms. The molecule has 0 bridgehead atoms. The van der Waals surface area contributed by atoms with Gasteiger partial charge in [0.05, 0.1) is 13.3 Å². The topological polar surface area (TPSA) is 77.9 Å². The first-order valence-corrected chi connectivity index (χ1v) is 6.74. The Morgan fingerprint density at radius 1 is 1.18 bits per heavy atom. The van der Waals surface area contributed by atoms with Crippen LogP contribution in [0.1, 0.15) is 17.0 Å². The highest BCUT2D eigenvalue weighted by Gasteiger charge is 2.19. The van der Waals surface area contributed by atoms with Crippen LogP contribution in [0.5, 0.6) is 17.2 Å². The highest BCUT2D eigenvalue weighted by molar-refractivity contribution is 5.83. The predicted octanol–water partition coefficient (Wildman–Crippen LogP) is 2.28. The van der Waals surface area contributed by atoms with E-state index in [9.17, 15) is 0 Å². The summed E-state index contributed by atoms with van der Waals surface area (Å²) in [4.78, 5) is 8.50. The maximum Gasteiger partial charge on any atom is 0.243 e. The summed E-state index contributed by atoms with van der Waals surface area (Å²) in [5.41, 5.74) is 5.40. The van der Waals surface area contributed by atoms with Crippen LogP contribution < -0.4 is 19.6 Å². The second-order valence-corrected chi connectivity index (χ2v) is 4.80. The van der Waals surface area contributed by atoms with Crippen LogP contribution in [0.3, 0.4) is 0 Å². The van der Waals surface area contributed by atoms with Crippen molar-refractivity contribution in [1.82, 2.24) is 9.97 Å². The number of methoxy groups -OCH3 is 1. The Morgan fingerprint density at radius 2 is 1.95 bits per heavy atom. The Kier molecular flexibility index (Phi) is 3.78. The molecule has 0 radical (unpaired) electrons. The van der Waals surface area contributed by atoms with Crippen LogP contribution in [-0.2, 0) is 0 Å². The van der Waals surface area contributed by atoms with Gasteiger partial charge in [-0.05, 0) is 32.0 Å². The van der Waals surface area contributed by atoms with Gasteiger partial charge in [-0.15, -0.1) is 0 Å². The minimum Gasteiger partial charge on any atom is -0.493 e. The quantitative estimate of drug-likeness (QED) is 0.689. The first kappa shape index (κ1) is 14.1. The summed E-state index contributed by atoms with van der Waals surface area (Å²) in [5.74, 6) is 2.33. The fourth-order valence-corrected chi connectivity index (χ4v) is 2.16. The number of nitrogens with one attached hydrogen (secondary N) is 1. The molecule has 0 saturated heterocycles. The predicted molar refractivity (Wildman–Crippen MR) is 81.8 cm³/mol. The van der Waals surface area contributed by atoms with Crippen molar-refractivity contribution in [2.24, 2.45) is 5.10 Å². The van der Waals surface area contributed by atoms with Crippen molar-refractivity contribution in [3.63, 3.8) is 0 Å². The molecule has 7 heteroatoms. The number of hydrogen-bond acceptors (Lipinski definition) is 7. The average molecular weight is 300 g/mol. The molecule has 2 aromatic rings. The molecular weight excluding hydrogens is 284 g/mol. The number of fused-ring (bicyclic) bond motifs is 1. The van der Waals surface area contributed by atoms with Gasteiger partial charge in [-0.2, -0.15) is 5.10 Å². The van der Waals surface area contributed by atoms with Gasteiger partial charge in [0.2, 0.25) is 18.5 Å². The van der Waals surface area contributed by atoms with Crippen molar-refractivity contribution < 1.29 is 14.2 Å². The maximum atomic E-state index is 5.37. The minimum absolute atomic E-state index is 0.195. The lowest BCUT2D eigenvalue weighted by Gasteiger charge is -2.05. The normalized spacial score (nSPS) is 12.7. The number of hydrogen-bond donors (Lipinski definition) is 1. The SMILES string of the molecule is COc1cc(/C=N\Nc2nc(C)cc(C)n2)cc2c1OCO2. The van der Waals surface area contributed by atoms with Crippen molar-refractivity contribution in [2.45, 2.75) is 13.8 Å². The molecular formula is C15H16N4O3. The highest BCUT2D eigenvalue weighted by atomic mass is 16.7. The second-order valence-electron chi connectivity index (χ2n) is 4.80. The molecule has 0 unspecified atom stereocenters. The Hall–Kier alpha value is -2.83. The van der Waals surface area contributed by atoms with Crippen LogP contribution in [0.15, 0.2) is 23.3 Å². The molecule has 3 rings (SSSR count). The van der Waals surface area contributed by atoms with Gasteiger partial charge >= 0.3 is 0 Å². The third-order valence-corrected chi connectivity index (χ3v) is 3.04. The fourth-order valence-electron chi connectivity index (χ4n) is 2.16. The zero-order valence-corrected chi connectivity index (χ0v) is 12.6. The van der Waals surface area contributed by atoms with Crippen molar-refractivity contribution in [1.29, 1.82) is 0 Å². The van der Waals surface area contributed by atoms with Gasteiger partial charge in [0.15, 0.2) is 11.5 Å². The number of aryl methyl sites for hydroxylation is 2. The molecule has 0 atom stereocenters. The number of aromatic nitrogens is 2. The Morgan fingerprint density at radius 3 is 2.68 bits per heavy atom. The summed E-state index contributed by atoms with van der Waals surface area (Å²) in [7, 11) is 1.58. The Labute approximate surface area is 128 Å². The van der Waals surface area contributed by atoms with Gasteiger partial charge in [-0.3, -0.25) is 0 Å². The number of anilines is 1. The monoisotopic (exact) mass is 300 g/mol. The third-order valence-electron chi connectivity index (χ3n) is 3.04. The number of benzene rings is 1. The molecule has 114 valence electrons. The van der Waals surface area contributed by atoms with E-state index in [-0.39, 0.29) is 6.79 Å². The molecule has 0 aliphatic carbocycles. The lowest BCUT2D eigenvalue weighted by molar-refractivity contribution is 0.171. The van der Waals surface area contributed by atoms with Crippen LogP contribution >= 0.6 is 0 Å². The summed E-state index contributed by atoms with van der Waals surface area (Å²) >= 11 is 0. The molecule has 2 heterocycles. The van der Waals surface area contributed by atoms with Crippen molar-refractivity contribution in [2.75, 3.05) is 19.3 Å². The van der Waals surface area contributed by atoms with Crippen LogP contribution in [0.4, 0.5) is 5.95 Å². The lowest BCUT2D eigenvalue weighted by Crippen LogP contribution is -1.99. The van der Waals surface area contributed by atoms with Crippen molar-refractivity contribution >= 4 is 12.2 Å². The van der Waals surface area contributed by atoms with E-state index in [4.69, 9.17) is 14.2 Å². The van der Waals surface area contributed by atoms with Crippen LogP contribution in [0.2, 0.25) is 0 Å². The number of rotatable bonds is 4. The van der Waals surface area contributed by atoms with Crippen LogP contribution in [0, 0.1) is 13.8 Å². The van der Waals surface area contributed by atoms with E-state index >= 15 is 0 Å². The Balaban J connectivity index is 1.78. The van der Waals surface area contributed by atoms with E-state index in [1.165, 1.54) is 0 Å². The van der Waals surface area contributed by atoms with E-state index in [1.807, 2.05) is 32.0 Å².